The Morgan fingerprint density at radius 3 is 1.77 bits per heavy atom. The van der Waals surface area contributed by atoms with Crippen LogP contribution in [0.25, 0.3) is 0 Å². The van der Waals surface area contributed by atoms with E-state index < -0.39 is 35.8 Å². The molecule has 3 nitrogen and oxygen atoms in total. The largest absolute Gasteiger partial charge is 0.327 e. The molecule has 1 atom stereocenters. The Bertz CT molecular complexity index is 613. The number of unbranched alkanes of at least 4 members (excludes halogenated alkanes) is 6. The number of ether oxygens (including phenoxy) is 3. The van der Waals surface area contributed by atoms with Crippen LogP contribution in [0.5, 0.6) is 0 Å². The second-order valence-corrected chi connectivity index (χ2v) is 8.08. The van der Waals surface area contributed by atoms with Crippen molar-refractivity contribution in [2.45, 2.75) is 111 Å². The van der Waals surface area contributed by atoms with Gasteiger partial charge in [0, 0.05) is 5.56 Å². The Hall–Kier alpha value is -1.18. The smallest absolute Gasteiger partial charge is 0.272 e. The van der Waals surface area contributed by atoms with E-state index in [2.05, 4.69) is 6.92 Å². The molecule has 0 N–H and O–H groups in total. The van der Waals surface area contributed by atoms with E-state index in [4.69, 9.17) is 14.2 Å². The molecule has 0 aromatic heterocycles. The number of hydrogen-bond donors (Lipinski definition) is 0. The van der Waals surface area contributed by atoms with Crippen molar-refractivity contribution in [1.82, 2.24) is 0 Å². The molecule has 0 saturated carbocycles. The summed E-state index contributed by atoms with van der Waals surface area (Å²) in [4.78, 5) is 0. The van der Waals surface area contributed by atoms with Crippen LogP contribution in [0, 0.1) is 23.3 Å². The summed E-state index contributed by atoms with van der Waals surface area (Å²) >= 11 is 0. The fraction of sp³-hybridized carbons (Fsp3) is 0.739. The first kappa shape index (κ1) is 26.9. The Morgan fingerprint density at radius 2 is 1.23 bits per heavy atom. The summed E-state index contributed by atoms with van der Waals surface area (Å²) in [6.45, 7) is 8.13. The van der Waals surface area contributed by atoms with Crippen molar-refractivity contribution >= 4 is 0 Å². The lowest BCUT2D eigenvalue weighted by atomic mass is 10.0. The third-order valence-corrected chi connectivity index (χ3v) is 4.59. The van der Waals surface area contributed by atoms with Gasteiger partial charge in [0.25, 0.3) is 6.48 Å². The maximum absolute atomic E-state index is 14.4. The Labute approximate surface area is 178 Å². The zero-order chi connectivity index (χ0) is 22.7. The molecule has 1 aromatic carbocycles. The molecule has 1 aromatic rings. The van der Waals surface area contributed by atoms with E-state index in [1.54, 1.807) is 27.7 Å². The minimum atomic E-state index is -1.84. The fourth-order valence-corrected chi connectivity index (χ4v) is 3.08. The molecule has 0 fully saturated rings. The molecule has 1 rings (SSSR count). The highest BCUT2D eigenvalue weighted by Gasteiger charge is 2.28. The van der Waals surface area contributed by atoms with Gasteiger partial charge in [-0.3, -0.25) is 0 Å². The van der Waals surface area contributed by atoms with Crippen molar-refractivity contribution in [3.8, 4) is 0 Å². The van der Waals surface area contributed by atoms with Crippen LogP contribution < -0.4 is 0 Å². The average molecular weight is 437 g/mol. The topological polar surface area (TPSA) is 27.7 Å². The van der Waals surface area contributed by atoms with Crippen LogP contribution in [0.2, 0.25) is 0 Å². The molecule has 0 aliphatic carbocycles. The molecule has 0 radical (unpaired) electrons. The molecular weight excluding hydrogens is 400 g/mol. The molecule has 174 valence electrons. The molecule has 1 unspecified atom stereocenters. The highest BCUT2D eigenvalue weighted by Crippen LogP contribution is 2.32. The monoisotopic (exact) mass is 436 g/mol. The number of rotatable bonds is 15. The van der Waals surface area contributed by atoms with Gasteiger partial charge in [-0.05, 0) is 40.2 Å². The molecule has 0 amide bonds. The van der Waals surface area contributed by atoms with E-state index in [1.807, 2.05) is 0 Å². The van der Waals surface area contributed by atoms with Gasteiger partial charge in [0.15, 0.2) is 23.3 Å². The average Bonchev–Trinajstić information content (AvgIpc) is 2.66. The van der Waals surface area contributed by atoms with Crippen molar-refractivity contribution in [2.24, 2.45) is 0 Å². The third kappa shape index (κ3) is 9.31. The fourth-order valence-electron chi connectivity index (χ4n) is 3.08. The van der Waals surface area contributed by atoms with Crippen molar-refractivity contribution < 1.29 is 31.8 Å². The van der Waals surface area contributed by atoms with E-state index >= 15 is 0 Å². The normalized spacial score (nSPS) is 13.1. The van der Waals surface area contributed by atoms with E-state index in [1.165, 1.54) is 6.42 Å². The van der Waals surface area contributed by atoms with Crippen molar-refractivity contribution in [3.63, 3.8) is 0 Å². The zero-order valence-corrected chi connectivity index (χ0v) is 18.8. The molecule has 0 bridgehead atoms. The van der Waals surface area contributed by atoms with Crippen LogP contribution in [-0.2, 0) is 14.2 Å². The summed E-state index contributed by atoms with van der Waals surface area (Å²) in [6.07, 6.45) is 5.91. The van der Waals surface area contributed by atoms with Gasteiger partial charge in [-0.2, -0.15) is 0 Å². The van der Waals surface area contributed by atoms with Crippen LogP contribution in [0.3, 0.4) is 0 Å². The molecule has 0 aliphatic heterocycles. The predicted molar refractivity (Wildman–Crippen MR) is 109 cm³/mol. The van der Waals surface area contributed by atoms with Gasteiger partial charge >= 0.3 is 0 Å². The SMILES string of the molecule is CCCCCCCCCC(OC(OC(C)C)OC(C)C)c1cc(F)c(F)c(F)c1F. The van der Waals surface area contributed by atoms with Gasteiger partial charge in [0.2, 0.25) is 0 Å². The summed E-state index contributed by atoms with van der Waals surface area (Å²) in [5.74, 6) is -6.58. The molecule has 0 heterocycles. The van der Waals surface area contributed by atoms with E-state index in [9.17, 15) is 17.6 Å². The van der Waals surface area contributed by atoms with Gasteiger partial charge < -0.3 is 14.2 Å². The molecular formula is C23H36F4O3. The van der Waals surface area contributed by atoms with E-state index in [-0.39, 0.29) is 17.8 Å². The van der Waals surface area contributed by atoms with Crippen molar-refractivity contribution in [2.75, 3.05) is 0 Å². The Kier molecular flexibility index (Phi) is 12.5. The molecule has 30 heavy (non-hydrogen) atoms. The van der Waals surface area contributed by atoms with Crippen molar-refractivity contribution in [1.29, 1.82) is 0 Å². The lowest BCUT2D eigenvalue weighted by Gasteiger charge is -2.28. The van der Waals surface area contributed by atoms with Gasteiger partial charge in [-0.15, -0.1) is 0 Å². The summed E-state index contributed by atoms with van der Waals surface area (Å²) < 4.78 is 72.4. The number of benzene rings is 1. The first-order valence-corrected chi connectivity index (χ1v) is 11.0. The molecule has 0 aliphatic rings. The third-order valence-electron chi connectivity index (χ3n) is 4.59. The second-order valence-electron chi connectivity index (χ2n) is 8.08. The van der Waals surface area contributed by atoms with Crippen LogP contribution in [0.1, 0.15) is 97.7 Å². The van der Waals surface area contributed by atoms with Gasteiger partial charge in [-0.1, -0.05) is 51.9 Å². The zero-order valence-electron chi connectivity index (χ0n) is 18.8. The minimum Gasteiger partial charge on any atom is -0.327 e. The molecule has 0 spiro atoms. The number of hydrogen-bond acceptors (Lipinski definition) is 3. The summed E-state index contributed by atoms with van der Waals surface area (Å²) in [5.41, 5.74) is -0.373. The predicted octanol–water partition coefficient (Wildman–Crippen LogP) is 7.58. The van der Waals surface area contributed by atoms with E-state index in [0.29, 0.717) is 18.9 Å². The van der Waals surface area contributed by atoms with Crippen LogP contribution in [0.15, 0.2) is 6.07 Å². The van der Waals surface area contributed by atoms with Gasteiger partial charge in [-0.25, -0.2) is 17.6 Å². The van der Waals surface area contributed by atoms with Crippen LogP contribution >= 0.6 is 0 Å². The highest BCUT2D eigenvalue weighted by atomic mass is 19.2. The standard InChI is InChI=1S/C23H36F4O3/c1-6-7-8-9-10-11-12-13-19(30-23(28-15(2)3)29-16(4)5)17-14-18(24)21(26)22(27)20(17)25/h14-16,19,23H,6-13H2,1-5H3. The van der Waals surface area contributed by atoms with Gasteiger partial charge in [0.1, 0.15) is 0 Å². The Morgan fingerprint density at radius 1 is 0.700 bits per heavy atom. The summed E-state index contributed by atoms with van der Waals surface area (Å²) in [6, 6.07) is 0.654. The number of halogens is 4. The highest BCUT2D eigenvalue weighted by molar-refractivity contribution is 5.24. The van der Waals surface area contributed by atoms with Crippen molar-refractivity contribution in [3.05, 3.63) is 34.9 Å². The van der Waals surface area contributed by atoms with E-state index in [0.717, 1.165) is 32.1 Å². The maximum atomic E-state index is 14.4. The first-order valence-electron chi connectivity index (χ1n) is 11.0. The molecule has 7 heteroatoms. The lowest BCUT2D eigenvalue weighted by molar-refractivity contribution is -0.328. The van der Waals surface area contributed by atoms with Crippen LogP contribution in [-0.4, -0.2) is 18.7 Å². The minimum absolute atomic E-state index is 0.250. The molecule has 0 saturated heterocycles. The first-order chi connectivity index (χ1) is 14.2. The van der Waals surface area contributed by atoms with Crippen LogP contribution in [0.4, 0.5) is 17.6 Å². The quantitative estimate of drug-likeness (QED) is 0.0933. The second kappa shape index (κ2) is 14.0. The Balaban J connectivity index is 2.96. The maximum Gasteiger partial charge on any atom is 0.272 e. The lowest BCUT2D eigenvalue weighted by Crippen LogP contribution is -2.29. The van der Waals surface area contributed by atoms with Gasteiger partial charge in [0.05, 0.1) is 18.3 Å². The summed E-state index contributed by atoms with van der Waals surface area (Å²) in [5, 5.41) is 0. The summed E-state index contributed by atoms with van der Waals surface area (Å²) in [7, 11) is 0.